The first-order valence-electron chi connectivity index (χ1n) is 9.35. The summed E-state index contributed by atoms with van der Waals surface area (Å²) in [5, 5.41) is 0. The first-order chi connectivity index (χ1) is 12.5. The smallest absolute Gasteiger partial charge is 0.134 e. The monoisotopic (exact) mass is 433 g/mol. The summed E-state index contributed by atoms with van der Waals surface area (Å²) >= 11 is 5.67. The van der Waals surface area contributed by atoms with Crippen LogP contribution in [0.4, 0.5) is 11.4 Å². The topological polar surface area (TPSA) is 12.5 Å². The van der Waals surface area contributed by atoms with Crippen molar-refractivity contribution in [3.05, 3.63) is 46.9 Å². The van der Waals surface area contributed by atoms with Crippen molar-refractivity contribution in [2.75, 3.05) is 18.6 Å². The van der Waals surface area contributed by atoms with Gasteiger partial charge in [-0.3, -0.25) is 0 Å². The number of unbranched alkanes of at least 4 members (excludes halogenated alkanes) is 1. The van der Waals surface area contributed by atoms with E-state index in [1.54, 1.807) is 7.11 Å². The Hall–Kier alpha value is -1.13. The van der Waals surface area contributed by atoms with Gasteiger partial charge in [-0.25, -0.2) is 0 Å². The molecule has 0 saturated carbocycles. The van der Waals surface area contributed by atoms with E-state index in [2.05, 4.69) is 84.1 Å². The van der Waals surface area contributed by atoms with Crippen LogP contribution < -0.4 is 9.64 Å². The number of fused-ring (bicyclic) bond motifs is 1. The molecule has 0 aromatic heterocycles. The highest BCUT2D eigenvalue weighted by Gasteiger charge is 2.37. The van der Waals surface area contributed by atoms with Gasteiger partial charge >= 0.3 is 0 Å². The van der Waals surface area contributed by atoms with Gasteiger partial charge in [-0.05, 0) is 52.5 Å². The van der Waals surface area contributed by atoms with Crippen LogP contribution in [0.5, 0.6) is 5.75 Å². The Morgan fingerprint density at radius 3 is 2.62 bits per heavy atom. The average Bonchev–Trinajstić information content (AvgIpc) is 2.73. The Balaban J connectivity index is 2.11. The highest BCUT2D eigenvalue weighted by atomic mass is 79.9. The zero-order valence-corrected chi connectivity index (χ0v) is 18.5. The van der Waals surface area contributed by atoms with Crippen molar-refractivity contribution in [3.8, 4) is 5.75 Å². The molecule has 1 aliphatic rings. The molecular formula is C22H28BrNOS. The number of ether oxygens (including phenoxy) is 1. The van der Waals surface area contributed by atoms with E-state index in [0.717, 1.165) is 16.8 Å². The first-order valence-corrected chi connectivity index (χ1v) is 11.0. The Morgan fingerprint density at radius 2 is 1.96 bits per heavy atom. The van der Waals surface area contributed by atoms with Gasteiger partial charge in [0.05, 0.1) is 17.3 Å². The molecule has 4 heteroatoms. The van der Waals surface area contributed by atoms with Crippen molar-refractivity contribution in [2.45, 2.75) is 49.7 Å². The second kappa shape index (κ2) is 8.26. The van der Waals surface area contributed by atoms with E-state index >= 15 is 0 Å². The van der Waals surface area contributed by atoms with Gasteiger partial charge in [-0.1, -0.05) is 51.8 Å². The van der Waals surface area contributed by atoms with Gasteiger partial charge in [-0.2, -0.15) is 0 Å². The zero-order valence-electron chi connectivity index (χ0n) is 16.1. The third-order valence-electron chi connectivity index (χ3n) is 5.26. The molecule has 2 aromatic carbocycles. The second-order valence-electron chi connectivity index (χ2n) is 7.45. The number of hydrogen-bond acceptors (Lipinski definition) is 3. The van der Waals surface area contributed by atoms with Gasteiger partial charge in [0.2, 0.25) is 0 Å². The van der Waals surface area contributed by atoms with Gasteiger partial charge in [0.25, 0.3) is 0 Å². The number of rotatable bonds is 5. The van der Waals surface area contributed by atoms with Crippen LogP contribution in [-0.4, -0.2) is 18.4 Å². The van der Waals surface area contributed by atoms with Gasteiger partial charge in [-0.15, -0.1) is 11.8 Å². The molecule has 0 aliphatic carbocycles. The number of benzene rings is 2. The summed E-state index contributed by atoms with van der Waals surface area (Å²) in [4.78, 5) is 3.78. The van der Waals surface area contributed by atoms with Gasteiger partial charge in [0, 0.05) is 21.9 Å². The summed E-state index contributed by atoms with van der Waals surface area (Å²) in [5.74, 6) is 1.51. The maximum atomic E-state index is 5.57. The van der Waals surface area contributed by atoms with Crippen LogP contribution in [0.3, 0.4) is 0 Å². The molecule has 0 bridgehead atoms. The van der Waals surface area contributed by atoms with E-state index in [0.29, 0.717) is 5.92 Å². The maximum Gasteiger partial charge on any atom is 0.134 e. The quantitative estimate of drug-likeness (QED) is 0.490. The summed E-state index contributed by atoms with van der Waals surface area (Å²) in [6.07, 6.45) is 3.78. The number of methoxy groups -OCH3 is 1. The predicted molar refractivity (Wildman–Crippen MR) is 117 cm³/mol. The zero-order chi connectivity index (χ0) is 18.7. The molecule has 1 unspecified atom stereocenters. The maximum absolute atomic E-state index is 5.57. The standard InChI is InChI=1S/C22H28BrNOS/c1-5-6-10-16-15-24(17-11-8-7-9-12-17)19-13-18(23)20(25-4)14-21(19)26-22(16,2)3/h7-9,11-14,16H,5-6,10,15H2,1-4H3. The van der Waals surface area contributed by atoms with Crippen molar-refractivity contribution < 1.29 is 4.74 Å². The molecule has 0 saturated heterocycles. The molecule has 0 N–H and O–H groups in total. The summed E-state index contributed by atoms with van der Waals surface area (Å²) in [5.41, 5.74) is 2.52. The molecule has 1 aliphatic heterocycles. The molecule has 0 amide bonds. The van der Waals surface area contributed by atoms with Crippen LogP contribution in [0.2, 0.25) is 0 Å². The number of hydrogen-bond donors (Lipinski definition) is 0. The highest BCUT2D eigenvalue weighted by Crippen LogP contribution is 2.51. The lowest BCUT2D eigenvalue weighted by atomic mass is 9.89. The Morgan fingerprint density at radius 1 is 1.23 bits per heavy atom. The molecular weight excluding hydrogens is 406 g/mol. The summed E-state index contributed by atoms with van der Waals surface area (Å²) in [6, 6.07) is 15.1. The van der Waals surface area contributed by atoms with Crippen LogP contribution in [-0.2, 0) is 0 Å². The molecule has 2 nitrogen and oxygen atoms in total. The minimum atomic E-state index is 0.173. The van der Waals surface area contributed by atoms with Crippen molar-refractivity contribution in [2.24, 2.45) is 5.92 Å². The number of para-hydroxylation sites is 1. The third kappa shape index (κ3) is 4.07. The predicted octanol–water partition coefficient (Wildman–Crippen LogP) is 7.29. The van der Waals surface area contributed by atoms with Crippen LogP contribution in [0.1, 0.15) is 40.0 Å². The van der Waals surface area contributed by atoms with Crippen molar-refractivity contribution in [1.82, 2.24) is 0 Å². The SMILES string of the molecule is CCCCC1CN(c2ccccc2)c2cc(Br)c(OC)cc2SC1(C)C. The molecule has 3 rings (SSSR count). The Kier molecular flexibility index (Phi) is 6.24. The average molecular weight is 434 g/mol. The van der Waals surface area contributed by atoms with Crippen LogP contribution in [0.15, 0.2) is 51.8 Å². The molecule has 1 heterocycles. The fourth-order valence-electron chi connectivity index (χ4n) is 3.62. The van der Waals surface area contributed by atoms with E-state index in [4.69, 9.17) is 4.74 Å². The van der Waals surface area contributed by atoms with E-state index in [1.165, 1.54) is 35.5 Å². The fourth-order valence-corrected chi connectivity index (χ4v) is 5.48. The number of halogens is 1. The van der Waals surface area contributed by atoms with Gasteiger partial charge in [0.15, 0.2) is 0 Å². The van der Waals surface area contributed by atoms with Crippen LogP contribution in [0.25, 0.3) is 0 Å². The number of thioether (sulfide) groups is 1. The molecule has 0 fully saturated rings. The Bertz CT molecular complexity index is 747. The molecule has 2 aromatic rings. The van der Waals surface area contributed by atoms with Crippen LogP contribution in [0, 0.1) is 5.92 Å². The number of nitrogens with zero attached hydrogens (tertiary/aromatic N) is 1. The largest absolute Gasteiger partial charge is 0.496 e. The van der Waals surface area contributed by atoms with Crippen molar-refractivity contribution in [3.63, 3.8) is 0 Å². The van der Waals surface area contributed by atoms with E-state index in [9.17, 15) is 0 Å². The van der Waals surface area contributed by atoms with E-state index < -0.39 is 0 Å². The fraction of sp³-hybridized carbons (Fsp3) is 0.455. The minimum Gasteiger partial charge on any atom is -0.496 e. The normalized spacial score (nSPS) is 19.0. The Labute approximate surface area is 170 Å². The summed E-state index contributed by atoms with van der Waals surface area (Å²) in [7, 11) is 1.73. The lowest BCUT2D eigenvalue weighted by molar-refractivity contribution is 0.392. The summed E-state index contributed by atoms with van der Waals surface area (Å²) < 4.78 is 6.75. The number of anilines is 2. The van der Waals surface area contributed by atoms with Crippen LogP contribution >= 0.6 is 27.7 Å². The third-order valence-corrected chi connectivity index (χ3v) is 7.28. The lowest BCUT2D eigenvalue weighted by Gasteiger charge is -2.34. The van der Waals surface area contributed by atoms with E-state index in [-0.39, 0.29) is 4.75 Å². The molecule has 140 valence electrons. The van der Waals surface area contributed by atoms with Crippen molar-refractivity contribution in [1.29, 1.82) is 0 Å². The molecule has 0 radical (unpaired) electrons. The van der Waals surface area contributed by atoms with E-state index in [1.807, 2.05) is 11.8 Å². The van der Waals surface area contributed by atoms with Gasteiger partial charge in [0.1, 0.15) is 5.75 Å². The highest BCUT2D eigenvalue weighted by molar-refractivity contribution is 9.10. The molecule has 1 atom stereocenters. The molecule has 26 heavy (non-hydrogen) atoms. The van der Waals surface area contributed by atoms with Crippen molar-refractivity contribution >= 4 is 39.1 Å². The minimum absolute atomic E-state index is 0.173. The lowest BCUT2D eigenvalue weighted by Crippen LogP contribution is -2.34. The van der Waals surface area contributed by atoms with Gasteiger partial charge < -0.3 is 9.64 Å². The summed E-state index contributed by atoms with van der Waals surface area (Å²) in [6.45, 7) is 8.11. The molecule has 0 spiro atoms. The second-order valence-corrected chi connectivity index (χ2v) is 10.00. The first kappa shape index (κ1) is 19.6.